The lowest BCUT2D eigenvalue weighted by molar-refractivity contribution is -0.190. The zero-order valence-electron chi connectivity index (χ0n) is 8.97. The van der Waals surface area contributed by atoms with Crippen molar-refractivity contribution in [1.82, 2.24) is 0 Å². The van der Waals surface area contributed by atoms with Crippen LogP contribution in [-0.4, -0.2) is 31.3 Å². The van der Waals surface area contributed by atoms with Gasteiger partial charge in [-0.25, -0.2) is 4.79 Å². The summed E-state index contributed by atoms with van der Waals surface area (Å²) in [5.41, 5.74) is 0. The normalized spacial score (nSPS) is 13.1. The molecule has 0 aliphatic carbocycles. The number of carbonyl (C=O) groups excluding carboxylic acids is 2. The minimum Gasteiger partial charge on any atom is -0.454 e. The van der Waals surface area contributed by atoms with E-state index in [0.29, 0.717) is 6.42 Å². The largest absolute Gasteiger partial charge is 0.454 e. The van der Waals surface area contributed by atoms with Gasteiger partial charge in [0.25, 0.3) is 0 Å². The van der Waals surface area contributed by atoms with Crippen molar-refractivity contribution in [1.29, 1.82) is 0 Å². The molecule has 0 amide bonds. The second kappa shape index (κ2) is 6.34. The highest BCUT2D eigenvalue weighted by atomic mass is 19.4. The second-order valence-corrected chi connectivity index (χ2v) is 3.19. The van der Waals surface area contributed by atoms with Crippen LogP contribution < -0.4 is 0 Å². The van der Waals surface area contributed by atoms with Crippen molar-refractivity contribution in [2.45, 2.75) is 26.4 Å². The van der Waals surface area contributed by atoms with E-state index < -0.39 is 37.2 Å². The number of alkyl halides is 3. The Morgan fingerprint density at radius 3 is 2.25 bits per heavy atom. The molecule has 0 saturated carbocycles. The van der Waals surface area contributed by atoms with E-state index in [9.17, 15) is 22.8 Å². The Balaban J connectivity index is 3.78. The fraction of sp³-hybridized carbons (Fsp3) is 0.778. The summed E-state index contributed by atoms with van der Waals surface area (Å²) in [7, 11) is 0. The van der Waals surface area contributed by atoms with Gasteiger partial charge in [0, 0.05) is 0 Å². The van der Waals surface area contributed by atoms with Crippen molar-refractivity contribution in [2.75, 3.05) is 13.2 Å². The summed E-state index contributed by atoms with van der Waals surface area (Å²) in [6, 6.07) is 0. The standard InChI is InChI=1S/C9H13F3O4/c1-3-6(2)8(14)15-4-7(13)16-5-9(10,11)12/h6H,3-5H2,1-2H3. The molecular formula is C9H13F3O4. The van der Waals surface area contributed by atoms with E-state index in [4.69, 9.17) is 0 Å². The van der Waals surface area contributed by atoms with Crippen LogP contribution in [0.5, 0.6) is 0 Å². The molecule has 1 atom stereocenters. The predicted octanol–water partition coefficient (Wildman–Crippen LogP) is 1.68. The molecule has 0 bridgehead atoms. The van der Waals surface area contributed by atoms with E-state index in [2.05, 4.69) is 9.47 Å². The highest BCUT2D eigenvalue weighted by Gasteiger charge is 2.29. The van der Waals surface area contributed by atoms with Crippen LogP contribution in [0.2, 0.25) is 0 Å². The van der Waals surface area contributed by atoms with Crippen molar-refractivity contribution in [2.24, 2.45) is 5.92 Å². The zero-order chi connectivity index (χ0) is 12.8. The molecule has 0 radical (unpaired) electrons. The van der Waals surface area contributed by atoms with E-state index in [1.165, 1.54) is 0 Å². The summed E-state index contributed by atoms with van der Waals surface area (Å²) >= 11 is 0. The minimum absolute atomic E-state index is 0.393. The smallest absolute Gasteiger partial charge is 0.422 e. The number of carbonyl (C=O) groups is 2. The number of ether oxygens (including phenoxy) is 2. The van der Waals surface area contributed by atoms with Gasteiger partial charge in [-0.2, -0.15) is 13.2 Å². The molecule has 16 heavy (non-hydrogen) atoms. The van der Waals surface area contributed by atoms with Crippen LogP contribution >= 0.6 is 0 Å². The van der Waals surface area contributed by atoms with Crippen molar-refractivity contribution >= 4 is 11.9 Å². The lowest BCUT2D eigenvalue weighted by atomic mass is 10.1. The topological polar surface area (TPSA) is 52.6 Å². The first-order valence-corrected chi connectivity index (χ1v) is 4.65. The van der Waals surface area contributed by atoms with E-state index in [1.54, 1.807) is 13.8 Å². The Morgan fingerprint density at radius 1 is 1.25 bits per heavy atom. The summed E-state index contributed by atoms with van der Waals surface area (Å²) in [5.74, 6) is -2.24. The van der Waals surface area contributed by atoms with E-state index in [-0.39, 0.29) is 0 Å². The van der Waals surface area contributed by atoms with Crippen LogP contribution in [0.3, 0.4) is 0 Å². The molecule has 4 nitrogen and oxygen atoms in total. The predicted molar refractivity (Wildman–Crippen MR) is 47.4 cm³/mol. The number of hydrogen-bond acceptors (Lipinski definition) is 4. The second-order valence-electron chi connectivity index (χ2n) is 3.19. The molecule has 0 aromatic carbocycles. The van der Waals surface area contributed by atoms with Crippen LogP contribution in [0.25, 0.3) is 0 Å². The maximum Gasteiger partial charge on any atom is 0.422 e. The molecule has 0 aliphatic heterocycles. The number of esters is 2. The first-order chi connectivity index (χ1) is 7.26. The van der Waals surface area contributed by atoms with Gasteiger partial charge in [0.15, 0.2) is 13.2 Å². The van der Waals surface area contributed by atoms with Crippen LogP contribution in [0.1, 0.15) is 20.3 Å². The molecule has 0 N–H and O–H groups in total. The Bertz CT molecular complexity index is 250. The van der Waals surface area contributed by atoms with Crippen molar-refractivity contribution in [3.63, 3.8) is 0 Å². The van der Waals surface area contributed by atoms with Gasteiger partial charge in [-0.05, 0) is 6.42 Å². The van der Waals surface area contributed by atoms with Gasteiger partial charge in [0.05, 0.1) is 5.92 Å². The first-order valence-electron chi connectivity index (χ1n) is 4.65. The average Bonchev–Trinajstić information content (AvgIpc) is 2.20. The third-order valence-corrected chi connectivity index (χ3v) is 1.74. The lowest BCUT2D eigenvalue weighted by Crippen LogP contribution is -2.25. The van der Waals surface area contributed by atoms with Gasteiger partial charge in [-0.3, -0.25) is 4.79 Å². The van der Waals surface area contributed by atoms with Crippen molar-refractivity contribution in [3.8, 4) is 0 Å². The van der Waals surface area contributed by atoms with Crippen LogP contribution in [0.15, 0.2) is 0 Å². The van der Waals surface area contributed by atoms with Crippen LogP contribution in [0, 0.1) is 5.92 Å². The van der Waals surface area contributed by atoms with Crippen molar-refractivity contribution < 1.29 is 32.2 Å². The van der Waals surface area contributed by atoms with Gasteiger partial charge < -0.3 is 9.47 Å². The maximum absolute atomic E-state index is 11.6. The third-order valence-electron chi connectivity index (χ3n) is 1.74. The Morgan fingerprint density at radius 2 is 1.81 bits per heavy atom. The fourth-order valence-electron chi connectivity index (χ4n) is 0.643. The summed E-state index contributed by atoms with van der Waals surface area (Å²) in [4.78, 5) is 21.7. The lowest BCUT2D eigenvalue weighted by Gasteiger charge is -2.10. The zero-order valence-corrected chi connectivity index (χ0v) is 8.97. The maximum atomic E-state index is 11.6. The monoisotopic (exact) mass is 242 g/mol. The Kier molecular flexibility index (Phi) is 5.84. The summed E-state index contributed by atoms with van der Waals surface area (Å²) in [6.45, 7) is 0.864. The summed E-state index contributed by atoms with van der Waals surface area (Å²) < 4.78 is 43.1. The van der Waals surface area contributed by atoms with Gasteiger partial charge in [0.1, 0.15) is 0 Å². The minimum atomic E-state index is -4.57. The molecule has 0 heterocycles. The third kappa shape index (κ3) is 7.08. The molecule has 7 heteroatoms. The molecular weight excluding hydrogens is 229 g/mol. The molecule has 0 spiro atoms. The highest BCUT2D eigenvalue weighted by molar-refractivity contribution is 5.77. The molecule has 0 aliphatic rings. The quantitative estimate of drug-likeness (QED) is 0.688. The fourth-order valence-corrected chi connectivity index (χ4v) is 0.643. The Hall–Kier alpha value is -1.27. The molecule has 0 rings (SSSR count). The number of hydrogen-bond donors (Lipinski definition) is 0. The first kappa shape index (κ1) is 14.7. The SMILES string of the molecule is CCC(C)C(=O)OCC(=O)OCC(F)(F)F. The molecule has 0 aromatic heterocycles. The van der Waals surface area contributed by atoms with Gasteiger partial charge >= 0.3 is 18.1 Å². The number of halogens is 3. The molecule has 0 aromatic rings. The Labute approximate surface area is 90.7 Å². The molecule has 94 valence electrons. The molecule has 1 unspecified atom stereocenters. The van der Waals surface area contributed by atoms with Crippen LogP contribution in [-0.2, 0) is 19.1 Å². The van der Waals surface area contributed by atoms with E-state index in [1.807, 2.05) is 0 Å². The van der Waals surface area contributed by atoms with Crippen molar-refractivity contribution in [3.05, 3.63) is 0 Å². The van der Waals surface area contributed by atoms with Gasteiger partial charge in [-0.1, -0.05) is 13.8 Å². The van der Waals surface area contributed by atoms with Crippen LogP contribution in [0.4, 0.5) is 13.2 Å². The highest BCUT2D eigenvalue weighted by Crippen LogP contribution is 2.14. The van der Waals surface area contributed by atoms with Gasteiger partial charge in [0.2, 0.25) is 0 Å². The number of rotatable bonds is 5. The van der Waals surface area contributed by atoms with E-state index in [0.717, 1.165) is 0 Å². The molecule has 0 saturated heterocycles. The van der Waals surface area contributed by atoms with Gasteiger partial charge in [-0.15, -0.1) is 0 Å². The average molecular weight is 242 g/mol. The summed E-state index contributed by atoms with van der Waals surface area (Å²) in [5, 5.41) is 0. The molecule has 0 fully saturated rings. The summed E-state index contributed by atoms with van der Waals surface area (Å²) in [6.07, 6.45) is -4.05. The van der Waals surface area contributed by atoms with E-state index >= 15 is 0 Å².